The van der Waals surface area contributed by atoms with Crippen LogP contribution in [0.1, 0.15) is 6.92 Å². The molecule has 0 radical (unpaired) electrons. The van der Waals surface area contributed by atoms with Gasteiger partial charge in [0.2, 0.25) is 0 Å². The van der Waals surface area contributed by atoms with E-state index in [1.807, 2.05) is 24.3 Å². The Hall–Kier alpha value is -2.52. The Bertz CT molecular complexity index is 649. The number of aliphatic hydroxyl groups excluding tert-OH is 1. The first-order valence-corrected chi connectivity index (χ1v) is 7.91. The van der Waals surface area contributed by atoms with Crippen LogP contribution in [0, 0.1) is 0 Å². The van der Waals surface area contributed by atoms with Crippen LogP contribution < -0.4 is 5.32 Å². The number of tetrazole rings is 1. The van der Waals surface area contributed by atoms with Crippen LogP contribution >= 0.6 is 0 Å². The predicted molar refractivity (Wildman–Crippen MR) is 87.9 cm³/mol. The summed E-state index contributed by atoms with van der Waals surface area (Å²) in [5, 5.41) is 23.3. The predicted octanol–water partition coefficient (Wildman–Crippen LogP) is 0.193. The molecule has 2 aromatic rings. The van der Waals surface area contributed by atoms with Crippen molar-refractivity contribution in [3.63, 3.8) is 0 Å². The first kappa shape index (κ1) is 16.3. The van der Waals surface area contributed by atoms with E-state index in [2.05, 4.69) is 25.7 Å². The minimum atomic E-state index is -0.343. The van der Waals surface area contributed by atoms with Crippen LogP contribution in [-0.4, -0.2) is 80.0 Å². The Balaban J connectivity index is 1.52. The van der Waals surface area contributed by atoms with Gasteiger partial charge in [0.1, 0.15) is 6.33 Å². The third-order valence-corrected chi connectivity index (χ3v) is 3.91. The van der Waals surface area contributed by atoms with E-state index in [1.165, 1.54) is 6.33 Å². The highest BCUT2D eigenvalue weighted by atomic mass is 16.3. The number of rotatable bonds is 4. The van der Waals surface area contributed by atoms with Gasteiger partial charge in [0.05, 0.1) is 11.8 Å². The van der Waals surface area contributed by atoms with Crippen molar-refractivity contribution in [1.29, 1.82) is 0 Å². The maximum Gasteiger partial charge on any atom is 0.321 e. The maximum atomic E-state index is 12.3. The summed E-state index contributed by atoms with van der Waals surface area (Å²) >= 11 is 0. The second-order valence-corrected chi connectivity index (χ2v) is 5.87. The number of benzene rings is 1. The number of amides is 2. The molecule has 2 heterocycles. The zero-order valence-electron chi connectivity index (χ0n) is 13.5. The van der Waals surface area contributed by atoms with E-state index in [1.54, 1.807) is 16.5 Å². The van der Waals surface area contributed by atoms with E-state index in [0.29, 0.717) is 19.6 Å². The lowest BCUT2D eigenvalue weighted by Crippen LogP contribution is -2.51. The Morgan fingerprint density at radius 1 is 1.25 bits per heavy atom. The molecule has 128 valence electrons. The molecule has 3 rings (SSSR count). The number of urea groups is 1. The lowest BCUT2D eigenvalue weighted by Gasteiger charge is -2.35. The quantitative estimate of drug-likeness (QED) is 0.830. The monoisotopic (exact) mass is 331 g/mol. The first-order chi connectivity index (χ1) is 11.6. The van der Waals surface area contributed by atoms with Gasteiger partial charge in [-0.25, -0.2) is 9.48 Å². The van der Waals surface area contributed by atoms with Gasteiger partial charge in [-0.1, -0.05) is 0 Å². The lowest BCUT2D eigenvalue weighted by molar-refractivity contribution is 0.0924. The molecule has 2 N–H and O–H groups in total. The van der Waals surface area contributed by atoms with Crippen LogP contribution in [0.4, 0.5) is 10.5 Å². The average Bonchev–Trinajstić information content (AvgIpc) is 3.10. The molecule has 1 aliphatic heterocycles. The van der Waals surface area contributed by atoms with E-state index in [4.69, 9.17) is 0 Å². The van der Waals surface area contributed by atoms with E-state index in [-0.39, 0.29) is 12.1 Å². The van der Waals surface area contributed by atoms with Crippen molar-refractivity contribution in [2.24, 2.45) is 0 Å². The minimum Gasteiger partial charge on any atom is -0.392 e. The van der Waals surface area contributed by atoms with Crippen molar-refractivity contribution in [2.45, 2.75) is 13.0 Å². The van der Waals surface area contributed by atoms with E-state index in [9.17, 15) is 9.90 Å². The first-order valence-electron chi connectivity index (χ1n) is 7.91. The molecule has 1 fully saturated rings. The highest BCUT2D eigenvalue weighted by Crippen LogP contribution is 2.13. The van der Waals surface area contributed by atoms with Gasteiger partial charge in [-0.15, -0.1) is 5.10 Å². The molecule has 0 saturated carbocycles. The van der Waals surface area contributed by atoms with Crippen molar-refractivity contribution in [3.8, 4) is 5.69 Å². The van der Waals surface area contributed by atoms with Gasteiger partial charge in [0.25, 0.3) is 0 Å². The topological polar surface area (TPSA) is 99.4 Å². The number of nitrogens with zero attached hydrogens (tertiary/aromatic N) is 6. The van der Waals surface area contributed by atoms with Crippen molar-refractivity contribution >= 4 is 11.7 Å². The molecule has 0 spiro atoms. The Morgan fingerprint density at radius 2 is 1.96 bits per heavy atom. The normalized spacial score (nSPS) is 16.8. The number of aromatic nitrogens is 4. The Morgan fingerprint density at radius 3 is 2.54 bits per heavy atom. The van der Waals surface area contributed by atoms with Gasteiger partial charge < -0.3 is 15.3 Å². The molecule has 1 aromatic carbocycles. The fourth-order valence-electron chi connectivity index (χ4n) is 2.69. The van der Waals surface area contributed by atoms with Crippen LogP contribution in [-0.2, 0) is 0 Å². The molecule has 1 atom stereocenters. The maximum absolute atomic E-state index is 12.3. The fourth-order valence-corrected chi connectivity index (χ4v) is 2.69. The summed E-state index contributed by atoms with van der Waals surface area (Å²) in [6.45, 7) is 5.28. The second kappa shape index (κ2) is 7.37. The summed E-state index contributed by atoms with van der Waals surface area (Å²) in [5.41, 5.74) is 1.55. The summed E-state index contributed by atoms with van der Waals surface area (Å²) < 4.78 is 1.55. The highest BCUT2D eigenvalue weighted by Gasteiger charge is 2.21. The average molecular weight is 331 g/mol. The molecule has 24 heavy (non-hydrogen) atoms. The van der Waals surface area contributed by atoms with Gasteiger partial charge in [-0.05, 0) is 41.6 Å². The Labute approximate surface area is 139 Å². The third kappa shape index (κ3) is 4.06. The number of hydrogen-bond donors (Lipinski definition) is 2. The van der Waals surface area contributed by atoms with Crippen molar-refractivity contribution in [1.82, 2.24) is 30.0 Å². The molecule has 9 heteroatoms. The number of β-amino-alcohol motifs (C(OH)–C–C–N with tert-alkyl or cyclic N) is 1. The van der Waals surface area contributed by atoms with Gasteiger partial charge in [0.15, 0.2) is 0 Å². The second-order valence-electron chi connectivity index (χ2n) is 5.87. The lowest BCUT2D eigenvalue weighted by atomic mass is 10.2. The molecule has 0 aliphatic carbocycles. The smallest absolute Gasteiger partial charge is 0.321 e. The molecular weight excluding hydrogens is 310 g/mol. The van der Waals surface area contributed by atoms with Crippen LogP contribution in [0.5, 0.6) is 0 Å². The molecular formula is C15H21N7O2. The zero-order chi connectivity index (χ0) is 16.9. The number of anilines is 1. The van der Waals surface area contributed by atoms with Crippen LogP contribution in [0.25, 0.3) is 5.69 Å². The summed E-state index contributed by atoms with van der Waals surface area (Å²) in [6, 6.07) is 7.21. The third-order valence-electron chi connectivity index (χ3n) is 3.91. The minimum absolute atomic E-state index is 0.109. The van der Waals surface area contributed by atoms with Crippen molar-refractivity contribution in [3.05, 3.63) is 30.6 Å². The molecule has 1 saturated heterocycles. The van der Waals surface area contributed by atoms with E-state index < -0.39 is 0 Å². The van der Waals surface area contributed by atoms with Gasteiger partial charge in [0, 0.05) is 38.4 Å². The standard InChI is InChI=1S/C15H21N7O2/c1-12(23)10-20-6-8-21(9-7-20)15(24)17-13-2-4-14(5-3-13)22-11-16-18-19-22/h2-5,11-12,23H,6-10H2,1H3,(H,17,24)/t12-/m0/s1. The molecule has 9 nitrogen and oxygen atoms in total. The molecule has 1 aliphatic rings. The molecule has 1 aromatic heterocycles. The molecule has 2 amide bonds. The largest absolute Gasteiger partial charge is 0.392 e. The summed E-state index contributed by atoms with van der Waals surface area (Å²) in [4.78, 5) is 16.3. The van der Waals surface area contributed by atoms with E-state index in [0.717, 1.165) is 24.5 Å². The van der Waals surface area contributed by atoms with Crippen molar-refractivity contribution in [2.75, 3.05) is 38.0 Å². The summed E-state index contributed by atoms with van der Waals surface area (Å²) in [7, 11) is 0. The SMILES string of the molecule is C[C@H](O)CN1CCN(C(=O)Nc2ccc(-n3cnnn3)cc2)CC1. The number of hydrogen-bond acceptors (Lipinski definition) is 6. The van der Waals surface area contributed by atoms with Gasteiger partial charge in [-0.3, -0.25) is 4.90 Å². The van der Waals surface area contributed by atoms with Crippen LogP contribution in [0.2, 0.25) is 0 Å². The van der Waals surface area contributed by atoms with Crippen LogP contribution in [0.15, 0.2) is 30.6 Å². The summed E-state index contributed by atoms with van der Waals surface area (Å²) in [6.07, 6.45) is 1.17. The number of aliphatic hydroxyl groups is 1. The summed E-state index contributed by atoms with van der Waals surface area (Å²) in [5.74, 6) is 0. The zero-order valence-corrected chi connectivity index (χ0v) is 13.5. The fraction of sp³-hybridized carbons (Fsp3) is 0.467. The molecule has 0 bridgehead atoms. The molecule has 0 unspecified atom stereocenters. The van der Waals surface area contributed by atoms with Crippen LogP contribution in [0.3, 0.4) is 0 Å². The number of carbonyl (C=O) groups excluding carboxylic acids is 1. The van der Waals surface area contributed by atoms with E-state index >= 15 is 0 Å². The van der Waals surface area contributed by atoms with Crippen molar-refractivity contribution < 1.29 is 9.90 Å². The highest BCUT2D eigenvalue weighted by molar-refractivity contribution is 5.89. The number of carbonyl (C=O) groups is 1. The Kier molecular flexibility index (Phi) is 5.02. The van der Waals surface area contributed by atoms with Gasteiger partial charge in [-0.2, -0.15) is 0 Å². The number of piperazine rings is 1. The van der Waals surface area contributed by atoms with Gasteiger partial charge >= 0.3 is 6.03 Å². The number of nitrogens with one attached hydrogen (secondary N) is 1.